The van der Waals surface area contributed by atoms with Crippen LogP contribution in [0.5, 0.6) is 0 Å². The van der Waals surface area contributed by atoms with Gasteiger partial charge >= 0.3 is 0 Å². The molecule has 1 heterocycles. The number of halogens is 2. The molecule has 0 aliphatic carbocycles. The van der Waals surface area contributed by atoms with Gasteiger partial charge in [0.25, 0.3) is 0 Å². The Bertz CT molecular complexity index is 433. The number of nitrogens with zero attached hydrogens (tertiary/aromatic N) is 2. The lowest BCUT2D eigenvalue weighted by molar-refractivity contribution is 0.0238. The Balaban J connectivity index is 2.02. The molecule has 1 atom stereocenters. The highest BCUT2D eigenvalue weighted by atomic mass is 19.1. The van der Waals surface area contributed by atoms with Crippen LogP contribution in [0.25, 0.3) is 0 Å². The van der Waals surface area contributed by atoms with Gasteiger partial charge in [-0.1, -0.05) is 6.07 Å². The van der Waals surface area contributed by atoms with Crippen LogP contribution < -0.4 is 0 Å². The number of β-amino-alcohol motifs (C(OH)–C–C–N with tert-alkyl or cyclic N) is 1. The maximum atomic E-state index is 13.6. The zero-order valence-electron chi connectivity index (χ0n) is 11.4. The van der Waals surface area contributed by atoms with Crippen LogP contribution in [-0.4, -0.2) is 54.2 Å². The van der Waals surface area contributed by atoms with Gasteiger partial charge in [0.05, 0.1) is 5.60 Å². The summed E-state index contributed by atoms with van der Waals surface area (Å²) in [5.74, 6) is -1.05. The van der Waals surface area contributed by atoms with Crippen molar-refractivity contribution < 1.29 is 13.9 Å². The molecular weight excluding hydrogens is 250 g/mol. The van der Waals surface area contributed by atoms with Crippen molar-refractivity contribution in [3.05, 3.63) is 35.4 Å². The van der Waals surface area contributed by atoms with E-state index in [4.69, 9.17) is 0 Å². The molecule has 1 fully saturated rings. The molecule has 0 aromatic heterocycles. The normalized spacial score (nSPS) is 24.3. The third-order valence-corrected chi connectivity index (χ3v) is 3.47. The number of likely N-dealkylation sites (N-methyl/N-ethyl adjacent to an activating group) is 1. The predicted molar refractivity (Wildman–Crippen MR) is 69.8 cm³/mol. The molecule has 2 rings (SSSR count). The van der Waals surface area contributed by atoms with Crippen molar-refractivity contribution in [1.29, 1.82) is 0 Å². The fraction of sp³-hybridized carbons (Fsp3) is 0.571. The summed E-state index contributed by atoms with van der Waals surface area (Å²) in [6.45, 7) is 1.86. The van der Waals surface area contributed by atoms with Crippen molar-refractivity contribution in [2.45, 2.75) is 18.6 Å². The van der Waals surface area contributed by atoms with Crippen molar-refractivity contribution in [3.63, 3.8) is 0 Å². The van der Waals surface area contributed by atoms with Gasteiger partial charge in [0.15, 0.2) is 0 Å². The lowest BCUT2D eigenvalue weighted by Gasteiger charge is -2.26. The van der Waals surface area contributed by atoms with Crippen molar-refractivity contribution in [2.24, 2.45) is 0 Å². The largest absolute Gasteiger partial charge is 0.387 e. The Kier molecular flexibility index (Phi) is 4.18. The summed E-state index contributed by atoms with van der Waals surface area (Å²) >= 11 is 0. The van der Waals surface area contributed by atoms with Gasteiger partial charge in [0.2, 0.25) is 0 Å². The van der Waals surface area contributed by atoms with Gasteiger partial charge in [-0.25, -0.2) is 8.78 Å². The van der Waals surface area contributed by atoms with Crippen LogP contribution in [0.3, 0.4) is 0 Å². The second-order valence-corrected chi connectivity index (χ2v) is 5.62. The molecule has 0 amide bonds. The zero-order chi connectivity index (χ0) is 14.0. The summed E-state index contributed by atoms with van der Waals surface area (Å²) in [7, 11) is 3.80. The van der Waals surface area contributed by atoms with E-state index < -0.39 is 17.2 Å². The quantitative estimate of drug-likeness (QED) is 0.897. The van der Waals surface area contributed by atoms with Crippen LogP contribution in [0, 0.1) is 11.6 Å². The third kappa shape index (κ3) is 3.49. The minimum atomic E-state index is -0.786. The van der Waals surface area contributed by atoms with Gasteiger partial charge in [0, 0.05) is 31.7 Å². The Hall–Kier alpha value is -1.04. The highest BCUT2D eigenvalue weighted by Gasteiger charge is 2.36. The molecule has 1 aliphatic rings. The molecule has 19 heavy (non-hydrogen) atoms. The van der Waals surface area contributed by atoms with E-state index in [9.17, 15) is 13.9 Å². The van der Waals surface area contributed by atoms with Crippen LogP contribution in [0.1, 0.15) is 12.0 Å². The Morgan fingerprint density at radius 1 is 1.32 bits per heavy atom. The van der Waals surface area contributed by atoms with Gasteiger partial charge in [-0.15, -0.1) is 0 Å². The lowest BCUT2D eigenvalue weighted by atomic mass is 10.0. The summed E-state index contributed by atoms with van der Waals surface area (Å²) in [6.07, 6.45) is 0.626. The zero-order valence-corrected chi connectivity index (χ0v) is 11.4. The molecule has 0 saturated carbocycles. The maximum absolute atomic E-state index is 13.6. The van der Waals surface area contributed by atoms with Crippen molar-refractivity contribution in [1.82, 2.24) is 9.80 Å². The average Bonchev–Trinajstić information content (AvgIpc) is 2.64. The molecule has 1 saturated heterocycles. The van der Waals surface area contributed by atoms with Crippen molar-refractivity contribution in [2.75, 3.05) is 33.7 Å². The molecule has 0 radical (unpaired) electrons. The molecule has 106 valence electrons. The monoisotopic (exact) mass is 270 g/mol. The summed E-state index contributed by atoms with van der Waals surface area (Å²) in [6, 6.07) is 3.89. The van der Waals surface area contributed by atoms with E-state index in [1.165, 1.54) is 18.2 Å². The Morgan fingerprint density at radius 3 is 2.53 bits per heavy atom. The second kappa shape index (κ2) is 5.53. The lowest BCUT2D eigenvalue weighted by Crippen LogP contribution is -2.42. The molecule has 5 heteroatoms. The molecule has 1 aliphatic heterocycles. The van der Waals surface area contributed by atoms with E-state index in [0.29, 0.717) is 26.1 Å². The highest BCUT2D eigenvalue weighted by Crippen LogP contribution is 2.25. The minimum absolute atomic E-state index is 0.0802. The van der Waals surface area contributed by atoms with E-state index in [1.807, 2.05) is 23.9 Å². The smallest absolute Gasteiger partial charge is 0.130 e. The fourth-order valence-corrected chi connectivity index (χ4v) is 2.70. The summed E-state index contributed by atoms with van der Waals surface area (Å²) in [4.78, 5) is 3.82. The molecule has 1 aromatic rings. The van der Waals surface area contributed by atoms with E-state index in [-0.39, 0.29) is 12.1 Å². The number of aliphatic hydroxyl groups is 1. The number of likely N-dealkylation sites (tertiary alicyclic amines) is 1. The number of hydrogen-bond acceptors (Lipinski definition) is 3. The van der Waals surface area contributed by atoms with Crippen molar-refractivity contribution >= 4 is 0 Å². The first kappa shape index (κ1) is 14.4. The Labute approximate surface area is 112 Å². The van der Waals surface area contributed by atoms with Crippen LogP contribution in [0.4, 0.5) is 8.78 Å². The van der Waals surface area contributed by atoms with Gasteiger partial charge < -0.3 is 10.0 Å². The third-order valence-electron chi connectivity index (χ3n) is 3.47. The highest BCUT2D eigenvalue weighted by molar-refractivity contribution is 5.19. The van der Waals surface area contributed by atoms with Crippen LogP contribution in [0.15, 0.2) is 18.2 Å². The first-order valence-corrected chi connectivity index (χ1v) is 6.42. The number of rotatable bonds is 4. The molecule has 0 unspecified atom stereocenters. The second-order valence-electron chi connectivity index (χ2n) is 5.62. The summed E-state index contributed by atoms with van der Waals surface area (Å²) in [5.41, 5.74) is -0.706. The van der Waals surface area contributed by atoms with Crippen LogP contribution in [0.2, 0.25) is 0 Å². The summed E-state index contributed by atoms with van der Waals surface area (Å²) < 4.78 is 27.1. The SMILES string of the molecule is CN(C)C[C@]1(O)CCN(Cc2c(F)cccc2F)C1. The average molecular weight is 270 g/mol. The molecule has 0 spiro atoms. The maximum Gasteiger partial charge on any atom is 0.130 e. The first-order valence-electron chi connectivity index (χ1n) is 6.42. The fourth-order valence-electron chi connectivity index (χ4n) is 2.70. The van der Waals surface area contributed by atoms with E-state index in [1.54, 1.807) is 0 Å². The number of hydrogen-bond donors (Lipinski definition) is 1. The standard InChI is InChI=1S/C14H20F2N2O/c1-17(2)9-14(19)6-7-18(10-14)8-11-12(15)4-3-5-13(11)16/h3-5,19H,6-10H2,1-2H3/t14-/m1/s1. The van der Waals surface area contributed by atoms with Crippen LogP contribution in [-0.2, 0) is 6.54 Å². The van der Waals surface area contributed by atoms with Gasteiger partial charge in [-0.05, 0) is 32.6 Å². The molecule has 1 N–H and O–H groups in total. The molecule has 0 bridgehead atoms. The molecule has 3 nitrogen and oxygen atoms in total. The van der Waals surface area contributed by atoms with Crippen LogP contribution >= 0.6 is 0 Å². The summed E-state index contributed by atoms with van der Waals surface area (Å²) in [5, 5.41) is 10.4. The van der Waals surface area contributed by atoms with Gasteiger partial charge in [0.1, 0.15) is 11.6 Å². The van der Waals surface area contributed by atoms with E-state index >= 15 is 0 Å². The van der Waals surface area contributed by atoms with Gasteiger partial charge in [-0.2, -0.15) is 0 Å². The molecular formula is C14H20F2N2O. The first-order chi connectivity index (χ1) is 8.89. The topological polar surface area (TPSA) is 26.7 Å². The van der Waals surface area contributed by atoms with Crippen molar-refractivity contribution in [3.8, 4) is 0 Å². The van der Waals surface area contributed by atoms with E-state index in [2.05, 4.69) is 0 Å². The minimum Gasteiger partial charge on any atom is -0.387 e. The predicted octanol–water partition coefficient (Wildman–Crippen LogP) is 1.46. The van der Waals surface area contributed by atoms with E-state index in [0.717, 1.165) is 0 Å². The molecule has 1 aromatic carbocycles. The van der Waals surface area contributed by atoms with Gasteiger partial charge in [-0.3, -0.25) is 4.90 Å². The number of benzene rings is 1. The Morgan fingerprint density at radius 2 is 1.95 bits per heavy atom.